The van der Waals surface area contributed by atoms with Crippen LogP contribution in [0.5, 0.6) is 0 Å². The maximum Gasteiger partial charge on any atom is 0.0702 e. The summed E-state index contributed by atoms with van der Waals surface area (Å²) >= 11 is 5.92. The molecule has 0 aromatic rings. The molecule has 2 rings (SSSR count). The Kier molecular flexibility index (Phi) is 5.40. The van der Waals surface area contributed by atoms with Crippen LogP contribution in [-0.4, -0.2) is 42.6 Å². The molecule has 3 heteroatoms. The Morgan fingerprint density at radius 1 is 1.06 bits per heavy atom. The van der Waals surface area contributed by atoms with Crippen LogP contribution in [0.3, 0.4) is 0 Å². The Balaban J connectivity index is 1.82. The third-order valence-electron chi connectivity index (χ3n) is 3.92. The summed E-state index contributed by atoms with van der Waals surface area (Å²) in [6.07, 6.45) is 9.91. The normalized spacial score (nSPS) is 27.8. The van der Waals surface area contributed by atoms with Gasteiger partial charge in [-0.2, -0.15) is 0 Å². The lowest BCUT2D eigenvalue weighted by Crippen LogP contribution is -2.42. The first-order chi connectivity index (χ1) is 7.90. The molecular formula is C13H24ClNO. The highest BCUT2D eigenvalue weighted by Gasteiger charge is 2.25. The molecule has 2 aliphatic rings. The molecule has 0 amide bonds. The van der Waals surface area contributed by atoms with E-state index in [1.165, 1.54) is 44.9 Å². The fourth-order valence-electron chi connectivity index (χ4n) is 3.03. The van der Waals surface area contributed by atoms with E-state index in [9.17, 15) is 0 Å². The molecule has 1 heterocycles. The van der Waals surface area contributed by atoms with E-state index in [-0.39, 0.29) is 0 Å². The van der Waals surface area contributed by atoms with Gasteiger partial charge in [0.2, 0.25) is 0 Å². The average molecular weight is 246 g/mol. The van der Waals surface area contributed by atoms with Gasteiger partial charge in [0.25, 0.3) is 0 Å². The number of rotatable bonds is 5. The van der Waals surface area contributed by atoms with Crippen LogP contribution in [-0.2, 0) is 4.74 Å². The summed E-state index contributed by atoms with van der Waals surface area (Å²) in [6.45, 7) is 3.10. The predicted molar refractivity (Wildman–Crippen MR) is 68.1 cm³/mol. The van der Waals surface area contributed by atoms with Gasteiger partial charge in [-0.05, 0) is 25.7 Å². The van der Waals surface area contributed by atoms with Crippen molar-refractivity contribution < 1.29 is 4.74 Å². The van der Waals surface area contributed by atoms with Gasteiger partial charge in [0.1, 0.15) is 0 Å². The average Bonchev–Trinajstić information content (AvgIpc) is 2.83. The van der Waals surface area contributed by atoms with Gasteiger partial charge < -0.3 is 4.74 Å². The van der Waals surface area contributed by atoms with E-state index in [0.29, 0.717) is 6.10 Å². The van der Waals surface area contributed by atoms with Crippen LogP contribution in [0.15, 0.2) is 0 Å². The lowest BCUT2D eigenvalue weighted by molar-refractivity contribution is 0.0515. The van der Waals surface area contributed by atoms with E-state index < -0.39 is 0 Å². The zero-order chi connectivity index (χ0) is 11.2. The van der Waals surface area contributed by atoms with Crippen LogP contribution in [0.1, 0.15) is 44.9 Å². The van der Waals surface area contributed by atoms with Crippen LogP contribution >= 0.6 is 11.6 Å². The summed E-state index contributed by atoms with van der Waals surface area (Å²) in [5.41, 5.74) is 0. The number of nitrogens with zero attached hydrogens (tertiary/aromatic N) is 1. The molecule has 1 aliphatic carbocycles. The van der Waals surface area contributed by atoms with Gasteiger partial charge in [0.15, 0.2) is 0 Å². The smallest absolute Gasteiger partial charge is 0.0702 e. The molecule has 0 spiro atoms. The molecule has 2 nitrogen and oxygen atoms in total. The second-order valence-electron chi connectivity index (χ2n) is 5.11. The fraction of sp³-hybridized carbons (Fsp3) is 1.00. The van der Waals surface area contributed by atoms with E-state index >= 15 is 0 Å². The van der Waals surface area contributed by atoms with Crippen molar-refractivity contribution in [1.29, 1.82) is 0 Å². The Hall–Kier alpha value is 0.210. The van der Waals surface area contributed by atoms with Crippen LogP contribution in [0.2, 0.25) is 0 Å². The Bertz CT molecular complexity index is 188. The van der Waals surface area contributed by atoms with Crippen molar-refractivity contribution in [2.75, 3.05) is 25.6 Å². The fourth-order valence-corrected chi connectivity index (χ4v) is 3.24. The molecule has 1 atom stereocenters. The molecule has 94 valence electrons. The van der Waals surface area contributed by atoms with E-state index in [4.69, 9.17) is 16.3 Å². The molecule has 1 saturated carbocycles. The van der Waals surface area contributed by atoms with Gasteiger partial charge in [-0.15, -0.1) is 11.6 Å². The van der Waals surface area contributed by atoms with Crippen LogP contribution in [0, 0.1) is 0 Å². The van der Waals surface area contributed by atoms with Gasteiger partial charge >= 0.3 is 0 Å². The van der Waals surface area contributed by atoms with E-state index in [2.05, 4.69) is 4.90 Å². The van der Waals surface area contributed by atoms with Crippen molar-refractivity contribution in [3.63, 3.8) is 0 Å². The van der Waals surface area contributed by atoms with Crippen molar-refractivity contribution in [1.82, 2.24) is 4.90 Å². The standard InChI is InChI=1S/C13H24ClNO/c14-8-9-15(11-13-7-4-10-16-13)12-5-2-1-3-6-12/h12-13H,1-11H2. The summed E-state index contributed by atoms with van der Waals surface area (Å²) in [5.74, 6) is 0.753. The molecule has 2 fully saturated rings. The monoisotopic (exact) mass is 245 g/mol. The maximum absolute atomic E-state index is 5.92. The number of hydrogen-bond donors (Lipinski definition) is 0. The summed E-state index contributed by atoms with van der Waals surface area (Å²) in [4.78, 5) is 2.59. The van der Waals surface area contributed by atoms with Crippen LogP contribution < -0.4 is 0 Å². The van der Waals surface area contributed by atoms with Gasteiger partial charge in [0.05, 0.1) is 6.10 Å². The molecule has 0 aromatic heterocycles. The summed E-state index contributed by atoms with van der Waals surface area (Å²) in [5, 5.41) is 0. The molecule has 0 bridgehead atoms. The number of ether oxygens (including phenoxy) is 1. The van der Waals surface area contributed by atoms with Crippen molar-refractivity contribution in [3.05, 3.63) is 0 Å². The molecule has 1 unspecified atom stereocenters. The first kappa shape index (κ1) is 12.7. The minimum Gasteiger partial charge on any atom is -0.377 e. The highest BCUT2D eigenvalue weighted by atomic mass is 35.5. The quantitative estimate of drug-likeness (QED) is 0.691. The van der Waals surface area contributed by atoms with Gasteiger partial charge in [0, 0.05) is 31.6 Å². The SMILES string of the molecule is ClCCN(CC1CCCO1)C1CCCCC1. The van der Waals surface area contributed by atoms with Crippen molar-refractivity contribution in [2.45, 2.75) is 57.1 Å². The van der Waals surface area contributed by atoms with E-state index in [1.54, 1.807) is 0 Å². The molecule has 0 N–H and O–H groups in total. The number of halogens is 1. The van der Waals surface area contributed by atoms with Crippen molar-refractivity contribution in [3.8, 4) is 0 Å². The Morgan fingerprint density at radius 3 is 2.50 bits per heavy atom. The van der Waals surface area contributed by atoms with Gasteiger partial charge in [-0.1, -0.05) is 19.3 Å². The molecule has 1 saturated heterocycles. The van der Waals surface area contributed by atoms with Crippen molar-refractivity contribution in [2.24, 2.45) is 0 Å². The third-order valence-corrected chi connectivity index (χ3v) is 4.09. The van der Waals surface area contributed by atoms with Crippen molar-refractivity contribution >= 4 is 11.6 Å². The third kappa shape index (κ3) is 3.61. The zero-order valence-corrected chi connectivity index (χ0v) is 10.9. The minimum absolute atomic E-state index is 0.477. The molecular weight excluding hydrogens is 222 g/mol. The second-order valence-corrected chi connectivity index (χ2v) is 5.49. The highest BCUT2D eigenvalue weighted by Crippen LogP contribution is 2.24. The van der Waals surface area contributed by atoms with Gasteiger partial charge in [-0.3, -0.25) is 4.90 Å². The Labute approximate surface area is 104 Å². The molecule has 16 heavy (non-hydrogen) atoms. The molecule has 0 aromatic carbocycles. The highest BCUT2D eigenvalue weighted by molar-refractivity contribution is 6.18. The summed E-state index contributed by atoms with van der Waals surface area (Å²) in [7, 11) is 0. The van der Waals surface area contributed by atoms with E-state index in [1.807, 2.05) is 0 Å². The lowest BCUT2D eigenvalue weighted by atomic mass is 9.94. The second kappa shape index (κ2) is 6.83. The molecule has 0 radical (unpaired) electrons. The van der Waals surface area contributed by atoms with Crippen LogP contribution in [0.4, 0.5) is 0 Å². The minimum atomic E-state index is 0.477. The lowest BCUT2D eigenvalue weighted by Gasteiger charge is -2.35. The summed E-state index contributed by atoms with van der Waals surface area (Å²) < 4.78 is 5.74. The first-order valence-corrected chi connectivity index (χ1v) is 7.35. The van der Waals surface area contributed by atoms with E-state index in [0.717, 1.165) is 31.6 Å². The van der Waals surface area contributed by atoms with Crippen LogP contribution in [0.25, 0.3) is 0 Å². The Morgan fingerprint density at radius 2 is 1.88 bits per heavy atom. The molecule has 1 aliphatic heterocycles. The largest absolute Gasteiger partial charge is 0.377 e. The maximum atomic E-state index is 5.92. The summed E-state index contributed by atoms with van der Waals surface area (Å²) in [6, 6.07) is 0.775. The number of hydrogen-bond acceptors (Lipinski definition) is 2. The predicted octanol–water partition coefficient (Wildman–Crippen LogP) is 3.04. The zero-order valence-electron chi connectivity index (χ0n) is 10.2. The van der Waals surface area contributed by atoms with Gasteiger partial charge in [-0.25, -0.2) is 0 Å². The number of alkyl halides is 1. The first-order valence-electron chi connectivity index (χ1n) is 6.82. The topological polar surface area (TPSA) is 12.5 Å².